The molecule has 3 N–H and O–H groups in total. The van der Waals surface area contributed by atoms with E-state index < -0.39 is 22.8 Å². The van der Waals surface area contributed by atoms with Crippen molar-refractivity contribution in [3.05, 3.63) is 23.3 Å². The van der Waals surface area contributed by atoms with E-state index in [1.54, 1.807) is 0 Å². The van der Waals surface area contributed by atoms with Crippen LogP contribution in [0.4, 0.5) is 0 Å². The van der Waals surface area contributed by atoms with Crippen molar-refractivity contribution in [1.82, 2.24) is 0 Å². The molecule has 10 aliphatic rings. The number of allylic oxidation sites excluding steroid dienone is 4. The minimum absolute atomic E-state index is 0.0301. The predicted octanol–water partition coefficient (Wildman–Crippen LogP) is 17.0. The molecule has 0 saturated heterocycles. The molecule has 0 amide bonds. The first-order chi connectivity index (χ1) is 33.1. The maximum atomic E-state index is 12.9. The lowest BCUT2D eigenvalue weighted by atomic mass is 9.33. The summed E-state index contributed by atoms with van der Waals surface area (Å²) in [6, 6.07) is 0. The number of rotatable bonds is 2. The minimum atomic E-state index is -0.565. The first kappa shape index (κ1) is 58.7. The number of aliphatic hydroxyl groups excluding tert-OH is 1. The lowest BCUT2D eigenvalue weighted by Gasteiger charge is -2.71. The van der Waals surface area contributed by atoms with Crippen molar-refractivity contribution in [2.45, 2.75) is 231 Å². The largest absolute Gasteiger partial charge is 0.481 e. The highest BCUT2D eigenvalue weighted by Crippen LogP contribution is 2.78. The van der Waals surface area contributed by atoms with Crippen LogP contribution in [0, 0.1) is 100 Å². The topological polar surface area (TPSA) is 112 Å². The van der Waals surface area contributed by atoms with Crippen LogP contribution in [0.5, 0.6) is 0 Å². The van der Waals surface area contributed by atoms with Crippen LogP contribution >= 0.6 is 31.8 Å². The zero-order chi connectivity index (χ0) is 53.9. The lowest BCUT2D eigenvalue weighted by molar-refractivity contribution is -0.205. The van der Waals surface area contributed by atoms with Gasteiger partial charge in [-0.1, -0.05) is 120 Å². The van der Waals surface area contributed by atoms with E-state index in [2.05, 4.69) is 122 Å². The zero-order valence-electron chi connectivity index (χ0n) is 48.4. The number of Topliss-reactive ketones (excluding diaryl/α,β-unsaturated/α-hetero) is 1. The summed E-state index contributed by atoms with van der Waals surface area (Å²) in [5.41, 5.74) is 3.01. The molecule has 15 atom stereocenters. The van der Waals surface area contributed by atoms with Crippen LogP contribution in [-0.2, 0) is 14.4 Å². The molecule has 0 unspecified atom stereocenters. The van der Waals surface area contributed by atoms with Gasteiger partial charge in [0.25, 0.3) is 0 Å². The van der Waals surface area contributed by atoms with E-state index in [4.69, 9.17) is 23.2 Å². The third kappa shape index (κ3) is 8.58. The van der Waals surface area contributed by atoms with Crippen LogP contribution in [0.25, 0.3) is 0 Å². The molecular formula is C63H103Cl2O6P. The summed E-state index contributed by atoms with van der Waals surface area (Å²) >= 11 is 9.53. The second-order valence-electron chi connectivity index (χ2n) is 30.5. The number of ketones is 1. The predicted molar refractivity (Wildman–Crippen MR) is 301 cm³/mol. The summed E-state index contributed by atoms with van der Waals surface area (Å²) < 4.78 is 0. The number of aliphatic carboxylic acids is 2. The third-order valence-corrected chi connectivity index (χ3v) is 25.9. The number of carbonyl (C=O) groups excluding carboxylic acids is 1. The fraction of sp³-hybridized carbons (Fsp3) is 0.889. The molecule has 0 radical (unpaired) electrons. The number of alkyl halides is 2. The number of hydrogen-bond acceptors (Lipinski definition) is 4. The Bertz CT molecular complexity index is 2160. The molecule has 9 heteroatoms. The Hall–Kier alpha value is -0.940. The SMILES string of the molecule is CC1(C)CC[C@]2(C(=O)O)CC[C@]3(C)C(=CC[C@@H]4[C@@]5(C)CCC(=O)C(C)(C)[C@@H]5CC[C@]43C)[C@@H]2C1.CC1(C)CC[C@]2(C(=O)O)CC[C@]3(C)C(=CC[C@@H]4[C@@]5(C)CC[C@H](O)C(C)(C)[C@@H]5CC[C@]43C)[C@@H]2C1.CPC.ClCCl. The first-order valence-electron chi connectivity index (χ1n) is 28.9. The summed E-state index contributed by atoms with van der Waals surface area (Å²) in [7, 11) is 1.08. The highest BCUT2D eigenvalue weighted by atomic mass is 35.5. The van der Waals surface area contributed by atoms with Crippen LogP contribution in [0.3, 0.4) is 0 Å². The van der Waals surface area contributed by atoms with Gasteiger partial charge in [-0.2, -0.15) is 0 Å². The second-order valence-corrected chi connectivity index (χ2v) is 32.3. The molecule has 410 valence electrons. The molecule has 0 aromatic rings. The van der Waals surface area contributed by atoms with Crippen molar-refractivity contribution >= 4 is 49.5 Å². The van der Waals surface area contributed by atoms with Gasteiger partial charge in [0.2, 0.25) is 0 Å². The summed E-state index contributed by atoms with van der Waals surface area (Å²) in [5.74, 6) is 1.91. The molecule has 6 nitrogen and oxygen atoms in total. The van der Waals surface area contributed by atoms with Gasteiger partial charge in [-0.05, 0) is 220 Å². The Morgan fingerprint density at radius 1 is 0.556 bits per heavy atom. The van der Waals surface area contributed by atoms with Crippen LogP contribution in [0.1, 0.15) is 225 Å². The molecular weight excluding hydrogens is 955 g/mol. The number of hydrogen-bond donors (Lipinski definition) is 3. The summed E-state index contributed by atoms with van der Waals surface area (Å²) in [5, 5.41) is 32.1. The third-order valence-electron chi connectivity index (χ3n) is 25.9. The number of aliphatic hydroxyl groups is 1. The standard InChI is InChI=1S/C30H48O3.C30H46O3.C2H7P.CH2Cl2/c2*1-25(2)14-16-30(24(32)33)17-15-28(6)19(20(30)18-25)8-9-22-27(5)12-11-23(31)26(3,4)21(27)10-13-29(22,28)7;1-3-2;2-1-3/h8,20-23,31H,9-18H2,1-7H3,(H,32,33);8,20-22H,9-18H2,1-7H3,(H,32,33);3H,1-2H3;1H2/t20-,21-,22+,23-,27-,28+,29+,30-;20-,21-,22+,27-,28+,29+,30-;;/m00../s1. The van der Waals surface area contributed by atoms with Gasteiger partial charge < -0.3 is 15.3 Å². The van der Waals surface area contributed by atoms with Gasteiger partial charge in [0.1, 0.15) is 5.78 Å². The average Bonchev–Trinajstić information content (AvgIpc) is 3.27. The Morgan fingerprint density at radius 3 is 1.33 bits per heavy atom. The van der Waals surface area contributed by atoms with Crippen LogP contribution in [0.15, 0.2) is 23.3 Å². The minimum Gasteiger partial charge on any atom is -0.481 e. The Kier molecular flexibility index (Phi) is 15.9. The fourth-order valence-corrected chi connectivity index (χ4v) is 21.0. The van der Waals surface area contributed by atoms with Crippen molar-refractivity contribution in [1.29, 1.82) is 0 Å². The van der Waals surface area contributed by atoms with Crippen molar-refractivity contribution in [2.75, 3.05) is 18.7 Å². The van der Waals surface area contributed by atoms with Crippen molar-refractivity contribution in [3.63, 3.8) is 0 Å². The van der Waals surface area contributed by atoms with E-state index in [-0.39, 0.29) is 77.4 Å². The number of carboxylic acid groups (broad SMARTS) is 2. The van der Waals surface area contributed by atoms with Crippen molar-refractivity contribution in [3.8, 4) is 0 Å². The van der Waals surface area contributed by atoms with Gasteiger partial charge in [-0.3, -0.25) is 14.4 Å². The first-order valence-corrected chi connectivity index (χ1v) is 32.0. The van der Waals surface area contributed by atoms with Gasteiger partial charge >= 0.3 is 11.9 Å². The Morgan fingerprint density at radius 2 is 0.931 bits per heavy atom. The quantitative estimate of drug-likeness (QED) is 0.144. The Balaban J connectivity index is 0.000000191. The lowest BCUT2D eigenvalue weighted by Crippen LogP contribution is -2.65. The monoisotopic (exact) mass is 1060 g/mol. The molecule has 0 aliphatic heterocycles. The van der Waals surface area contributed by atoms with Crippen molar-refractivity contribution < 1.29 is 29.7 Å². The summed E-state index contributed by atoms with van der Waals surface area (Å²) in [4.78, 5) is 38.4. The molecule has 8 fully saturated rings. The molecule has 0 heterocycles. The summed E-state index contributed by atoms with van der Waals surface area (Å²) in [6.45, 7) is 37.9. The van der Waals surface area contributed by atoms with Gasteiger partial charge in [-0.15, -0.1) is 31.8 Å². The second kappa shape index (κ2) is 19.5. The van der Waals surface area contributed by atoms with E-state index in [0.29, 0.717) is 29.5 Å². The highest BCUT2D eigenvalue weighted by Gasteiger charge is 2.71. The Labute approximate surface area is 450 Å². The maximum Gasteiger partial charge on any atom is 0.310 e. The molecule has 10 rings (SSSR count). The highest BCUT2D eigenvalue weighted by molar-refractivity contribution is 7.35. The number of carbonyl (C=O) groups is 3. The normalized spacial score (nSPS) is 47.5. The summed E-state index contributed by atoms with van der Waals surface area (Å²) in [6.07, 6.45) is 24.9. The van der Waals surface area contributed by atoms with Gasteiger partial charge in [-0.25, -0.2) is 0 Å². The molecule has 0 bridgehead atoms. The van der Waals surface area contributed by atoms with E-state index in [0.717, 1.165) is 118 Å². The van der Waals surface area contributed by atoms with Crippen LogP contribution in [-0.4, -0.2) is 57.8 Å². The zero-order valence-corrected chi connectivity index (χ0v) is 50.9. The molecule has 0 aromatic carbocycles. The van der Waals surface area contributed by atoms with Gasteiger partial charge in [0, 0.05) is 11.8 Å². The van der Waals surface area contributed by atoms with Crippen molar-refractivity contribution in [2.24, 2.45) is 100 Å². The average molecular weight is 1060 g/mol. The molecule has 8 saturated carbocycles. The van der Waals surface area contributed by atoms with Crippen LogP contribution < -0.4 is 0 Å². The van der Waals surface area contributed by atoms with E-state index in [9.17, 15) is 29.7 Å². The fourth-order valence-electron chi connectivity index (χ4n) is 21.0. The molecule has 0 aromatic heterocycles. The van der Waals surface area contributed by atoms with E-state index >= 15 is 0 Å². The van der Waals surface area contributed by atoms with Gasteiger partial charge in [0.05, 0.1) is 22.3 Å². The maximum absolute atomic E-state index is 12.9. The van der Waals surface area contributed by atoms with Gasteiger partial charge in [0.15, 0.2) is 0 Å². The number of carboxylic acids is 2. The molecule has 10 aliphatic carbocycles. The van der Waals surface area contributed by atoms with Crippen LogP contribution in [0.2, 0.25) is 0 Å². The van der Waals surface area contributed by atoms with E-state index in [1.165, 1.54) is 30.4 Å². The number of fused-ring (bicyclic) bond motifs is 14. The molecule has 0 spiro atoms. The molecule has 72 heavy (non-hydrogen) atoms. The van der Waals surface area contributed by atoms with E-state index in [1.807, 2.05) is 0 Å². The smallest absolute Gasteiger partial charge is 0.310 e. The number of halogens is 2.